The highest BCUT2D eigenvalue weighted by Gasteiger charge is 2.22. The molecule has 0 spiro atoms. The van der Waals surface area contributed by atoms with E-state index >= 15 is 0 Å². The van der Waals surface area contributed by atoms with Crippen LogP contribution in [-0.2, 0) is 19.2 Å². The van der Waals surface area contributed by atoms with Crippen LogP contribution in [0, 0.1) is 0 Å². The summed E-state index contributed by atoms with van der Waals surface area (Å²) in [7, 11) is 1.69. The fourth-order valence-corrected chi connectivity index (χ4v) is 2.01. The fraction of sp³-hybridized carbons (Fsp3) is 0.438. The summed E-state index contributed by atoms with van der Waals surface area (Å²) in [5.74, 6) is 0.0640. The Hall–Kier alpha value is -2.57. The number of carbonyl (C=O) groups excluding carboxylic acids is 2. The monoisotopic (exact) mass is 320 g/mol. The van der Waals surface area contributed by atoms with Crippen molar-refractivity contribution >= 4 is 23.3 Å². The van der Waals surface area contributed by atoms with Gasteiger partial charge < -0.3 is 19.2 Å². The lowest BCUT2D eigenvalue weighted by Gasteiger charge is -2.26. The molecule has 1 heterocycles. The molecule has 7 nitrogen and oxygen atoms in total. The van der Waals surface area contributed by atoms with E-state index in [1.165, 1.54) is 4.90 Å². The molecule has 7 heteroatoms. The number of rotatable bonds is 5. The van der Waals surface area contributed by atoms with E-state index in [2.05, 4.69) is 5.16 Å². The topological polar surface area (TPSA) is 77.4 Å². The molecule has 1 unspecified atom stereocenters. The number of amides is 1. The van der Waals surface area contributed by atoms with Crippen molar-refractivity contribution in [3.63, 3.8) is 0 Å². The van der Waals surface area contributed by atoms with Crippen molar-refractivity contribution in [2.24, 2.45) is 5.16 Å². The number of carbonyl (C=O) groups is 2. The van der Waals surface area contributed by atoms with Gasteiger partial charge in [0.1, 0.15) is 5.75 Å². The van der Waals surface area contributed by atoms with E-state index in [4.69, 9.17) is 14.3 Å². The van der Waals surface area contributed by atoms with E-state index in [1.54, 1.807) is 40.0 Å². The Labute approximate surface area is 134 Å². The number of esters is 1. The first kappa shape index (κ1) is 16.8. The van der Waals surface area contributed by atoms with Gasteiger partial charge in [0.05, 0.1) is 18.0 Å². The van der Waals surface area contributed by atoms with Crippen LogP contribution in [0.25, 0.3) is 0 Å². The summed E-state index contributed by atoms with van der Waals surface area (Å²) in [6.07, 6.45) is -0.782. The number of hydrogen-bond donors (Lipinski definition) is 0. The maximum atomic E-state index is 11.7. The highest BCUT2D eigenvalue weighted by Crippen LogP contribution is 2.32. The van der Waals surface area contributed by atoms with Gasteiger partial charge in [0.2, 0.25) is 6.10 Å². The molecule has 0 saturated carbocycles. The molecule has 0 aromatic heterocycles. The van der Waals surface area contributed by atoms with Gasteiger partial charge >= 0.3 is 5.97 Å². The second-order valence-electron chi connectivity index (χ2n) is 5.10. The van der Waals surface area contributed by atoms with Crippen LogP contribution in [0.1, 0.15) is 26.3 Å². The second-order valence-corrected chi connectivity index (χ2v) is 5.10. The Morgan fingerprint density at radius 1 is 1.48 bits per heavy atom. The van der Waals surface area contributed by atoms with Crippen LogP contribution >= 0.6 is 0 Å². The van der Waals surface area contributed by atoms with Crippen molar-refractivity contribution < 1.29 is 23.9 Å². The van der Waals surface area contributed by atoms with Crippen LogP contribution in [-0.4, -0.2) is 44.0 Å². The van der Waals surface area contributed by atoms with Crippen LogP contribution < -0.4 is 9.64 Å². The van der Waals surface area contributed by atoms with E-state index in [1.807, 2.05) is 6.07 Å². The zero-order valence-electron chi connectivity index (χ0n) is 13.7. The van der Waals surface area contributed by atoms with Gasteiger partial charge in [-0.3, -0.25) is 4.79 Å². The summed E-state index contributed by atoms with van der Waals surface area (Å²) in [4.78, 5) is 29.9. The zero-order chi connectivity index (χ0) is 17.0. The van der Waals surface area contributed by atoms with E-state index in [-0.39, 0.29) is 12.5 Å². The first-order chi connectivity index (χ1) is 10.9. The number of likely N-dealkylation sites (N-methyl/N-ethyl adjacent to an activating group) is 1. The number of fused-ring (bicyclic) bond motifs is 1. The number of hydrogen-bond acceptors (Lipinski definition) is 6. The predicted octanol–water partition coefficient (Wildman–Crippen LogP) is 1.73. The SMILES string of the molecule is CCOC(=O)C(C)O/N=C(/C)c1ccc2c(c1)N(C)C(=O)CO2. The molecule has 0 saturated heterocycles. The van der Waals surface area contributed by atoms with Crippen LogP contribution in [0.5, 0.6) is 5.75 Å². The minimum Gasteiger partial charge on any atom is -0.482 e. The molecular weight excluding hydrogens is 300 g/mol. The predicted molar refractivity (Wildman–Crippen MR) is 84.7 cm³/mol. The Balaban J connectivity index is 2.14. The van der Waals surface area contributed by atoms with E-state index in [9.17, 15) is 9.59 Å². The van der Waals surface area contributed by atoms with E-state index in [0.717, 1.165) is 5.56 Å². The maximum absolute atomic E-state index is 11.7. The summed E-state index contributed by atoms with van der Waals surface area (Å²) in [6, 6.07) is 5.39. The second kappa shape index (κ2) is 7.13. The number of nitrogens with zero attached hydrogens (tertiary/aromatic N) is 2. The van der Waals surface area contributed by atoms with Crippen LogP contribution in [0.4, 0.5) is 5.69 Å². The average Bonchev–Trinajstić information content (AvgIpc) is 2.55. The zero-order valence-corrected chi connectivity index (χ0v) is 13.7. The summed E-state index contributed by atoms with van der Waals surface area (Å²) in [5.41, 5.74) is 2.02. The molecule has 124 valence electrons. The van der Waals surface area contributed by atoms with Crippen molar-refractivity contribution in [1.82, 2.24) is 0 Å². The number of anilines is 1. The van der Waals surface area contributed by atoms with Gasteiger partial charge in [0, 0.05) is 12.6 Å². The van der Waals surface area contributed by atoms with Gasteiger partial charge in [-0.1, -0.05) is 5.16 Å². The summed E-state index contributed by atoms with van der Waals surface area (Å²) < 4.78 is 10.2. The molecule has 0 aliphatic carbocycles. The normalized spacial score (nSPS) is 15.6. The Morgan fingerprint density at radius 2 is 2.22 bits per heavy atom. The van der Waals surface area contributed by atoms with Crippen molar-refractivity contribution in [1.29, 1.82) is 0 Å². The lowest BCUT2D eigenvalue weighted by atomic mass is 10.1. The highest BCUT2D eigenvalue weighted by molar-refractivity contribution is 6.02. The molecule has 1 aromatic carbocycles. The van der Waals surface area contributed by atoms with Gasteiger partial charge in [-0.2, -0.15) is 0 Å². The molecule has 23 heavy (non-hydrogen) atoms. The largest absolute Gasteiger partial charge is 0.482 e. The molecule has 0 bridgehead atoms. The molecule has 0 N–H and O–H groups in total. The third kappa shape index (κ3) is 3.80. The van der Waals surface area contributed by atoms with Crippen molar-refractivity contribution in [2.45, 2.75) is 26.9 Å². The average molecular weight is 320 g/mol. The van der Waals surface area contributed by atoms with Crippen molar-refractivity contribution in [3.8, 4) is 5.75 Å². The quantitative estimate of drug-likeness (QED) is 0.469. The minimum absolute atomic E-state index is 0.0378. The molecule has 0 radical (unpaired) electrons. The van der Waals surface area contributed by atoms with Crippen LogP contribution in [0.2, 0.25) is 0 Å². The van der Waals surface area contributed by atoms with E-state index in [0.29, 0.717) is 23.8 Å². The van der Waals surface area contributed by atoms with Crippen molar-refractivity contribution in [3.05, 3.63) is 23.8 Å². The van der Waals surface area contributed by atoms with Gasteiger partial charge in [0.25, 0.3) is 5.91 Å². The number of oxime groups is 1. The molecule has 0 fully saturated rings. The van der Waals surface area contributed by atoms with Gasteiger partial charge in [-0.05, 0) is 39.0 Å². The standard InChI is InChI=1S/C16H20N2O5/c1-5-21-16(20)11(3)23-17-10(2)12-6-7-14-13(8-12)18(4)15(19)9-22-14/h6-8,11H,5,9H2,1-4H3/b17-10-. The Morgan fingerprint density at radius 3 is 2.91 bits per heavy atom. The van der Waals surface area contributed by atoms with Gasteiger partial charge in [0.15, 0.2) is 6.61 Å². The third-order valence-electron chi connectivity index (χ3n) is 3.43. The Kier molecular flexibility index (Phi) is 5.20. The molecule has 1 aliphatic heterocycles. The molecule has 1 amide bonds. The fourth-order valence-electron chi connectivity index (χ4n) is 2.01. The molecule has 1 aliphatic rings. The smallest absolute Gasteiger partial charge is 0.349 e. The third-order valence-corrected chi connectivity index (χ3v) is 3.43. The lowest BCUT2D eigenvalue weighted by Crippen LogP contribution is -2.35. The van der Waals surface area contributed by atoms with E-state index < -0.39 is 12.1 Å². The van der Waals surface area contributed by atoms with Crippen LogP contribution in [0.15, 0.2) is 23.4 Å². The minimum atomic E-state index is -0.782. The first-order valence-electron chi connectivity index (χ1n) is 7.34. The highest BCUT2D eigenvalue weighted by atomic mass is 16.7. The van der Waals surface area contributed by atoms with Crippen molar-refractivity contribution in [2.75, 3.05) is 25.2 Å². The molecule has 1 atom stereocenters. The summed E-state index contributed by atoms with van der Waals surface area (Å²) >= 11 is 0. The number of benzene rings is 1. The van der Waals surface area contributed by atoms with Crippen LogP contribution in [0.3, 0.4) is 0 Å². The maximum Gasteiger partial charge on any atom is 0.349 e. The Bertz CT molecular complexity index is 641. The van der Waals surface area contributed by atoms with Gasteiger partial charge in [-0.25, -0.2) is 4.79 Å². The molecular formula is C16H20N2O5. The summed E-state index contributed by atoms with van der Waals surface area (Å²) in [5, 5.41) is 3.96. The molecule has 2 rings (SSSR count). The van der Waals surface area contributed by atoms with Gasteiger partial charge in [-0.15, -0.1) is 0 Å². The molecule has 1 aromatic rings. The number of ether oxygens (including phenoxy) is 2. The lowest BCUT2D eigenvalue weighted by molar-refractivity contribution is -0.155. The first-order valence-corrected chi connectivity index (χ1v) is 7.34. The summed E-state index contributed by atoms with van der Waals surface area (Å²) in [6.45, 7) is 5.38.